The van der Waals surface area contributed by atoms with Crippen molar-refractivity contribution < 1.29 is 13.2 Å². The van der Waals surface area contributed by atoms with E-state index in [1.807, 2.05) is 13.8 Å². The molecule has 0 aliphatic carbocycles. The van der Waals surface area contributed by atoms with E-state index in [4.69, 9.17) is 0 Å². The number of benzene rings is 1. The van der Waals surface area contributed by atoms with Gasteiger partial charge in [-0.15, -0.1) is 0 Å². The fourth-order valence-corrected chi connectivity index (χ4v) is 1.67. The molecule has 2 N–H and O–H groups in total. The highest BCUT2D eigenvalue weighted by Gasteiger charge is 2.30. The van der Waals surface area contributed by atoms with Gasteiger partial charge in [0.05, 0.1) is 5.56 Å². The second-order valence-electron chi connectivity index (χ2n) is 3.86. The van der Waals surface area contributed by atoms with Gasteiger partial charge in [0.1, 0.15) is 11.4 Å². The van der Waals surface area contributed by atoms with Gasteiger partial charge in [-0.25, -0.2) is 0 Å². The van der Waals surface area contributed by atoms with Crippen LogP contribution in [0.4, 0.5) is 30.2 Å². The Labute approximate surface area is 119 Å². The summed E-state index contributed by atoms with van der Waals surface area (Å²) in [6.45, 7) is 4.00. The van der Waals surface area contributed by atoms with Crippen LogP contribution in [0.1, 0.15) is 19.4 Å². The average molecular weight is 300 g/mol. The van der Waals surface area contributed by atoms with Crippen molar-refractivity contribution in [3.8, 4) is 0 Å². The van der Waals surface area contributed by atoms with Gasteiger partial charge in [-0.05, 0) is 18.2 Å². The molecular formula is C14H15F3N2O2. The fraction of sp³-hybridized carbons (Fsp3) is 0.286. The van der Waals surface area contributed by atoms with Gasteiger partial charge in [-0.1, -0.05) is 19.9 Å². The highest BCUT2D eigenvalue weighted by molar-refractivity contribution is 5.78. The number of hydrogen-bond donors (Lipinski definition) is 2. The van der Waals surface area contributed by atoms with E-state index < -0.39 is 22.6 Å². The van der Waals surface area contributed by atoms with Crippen LogP contribution in [-0.2, 0) is 6.18 Å². The largest absolute Gasteiger partial charge is 0.416 e. The lowest BCUT2D eigenvalue weighted by Gasteiger charge is -2.14. The van der Waals surface area contributed by atoms with Gasteiger partial charge in [-0.2, -0.15) is 13.2 Å². The first-order valence-corrected chi connectivity index (χ1v) is 6.30. The molecule has 114 valence electrons. The predicted octanol–water partition coefficient (Wildman–Crippen LogP) is 3.11. The van der Waals surface area contributed by atoms with Crippen molar-refractivity contribution in [2.45, 2.75) is 20.0 Å². The number of hydrogen-bond acceptors (Lipinski definition) is 4. The molecule has 0 fully saturated rings. The molecule has 0 unspecified atom stereocenters. The number of rotatable bonds is 3. The first-order chi connectivity index (χ1) is 9.84. The molecule has 2 aromatic carbocycles. The van der Waals surface area contributed by atoms with Crippen LogP contribution in [0.15, 0.2) is 33.9 Å². The van der Waals surface area contributed by atoms with Crippen LogP contribution in [0.5, 0.6) is 0 Å². The molecule has 0 saturated carbocycles. The van der Waals surface area contributed by atoms with Gasteiger partial charge in [0.25, 0.3) is 10.9 Å². The molecule has 21 heavy (non-hydrogen) atoms. The highest BCUT2D eigenvalue weighted by Crippen LogP contribution is 2.31. The van der Waals surface area contributed by atoms with Crippen LogP contribution in [0.3, 0.4) is 0 Å². The Bertz CT molecular complexity index is 686. The Morgan fingerprint density at radius 2 is 1.57 bits per heavy atom. The lowest BCUT2D eigenvalue weighted by Crippen LogP contribution is -2.35. The number of anilines is 3. The molecule has 2 rings (SSSR count). The highest BCUT2D eigenvalue weighted by atomic mass is 19.4. The number of alkyl halides is 3. The molecule has 4 nitrogen and oxygen atoms in total. The SMILES string of the molecule is CC.CNc1c(Nc2cccc(C(F)(F)F)c2)c(=O)c1=O. The summed E-state index contributed by atoms with van der Waals surface area (Å²) < 4.78 is 37.5. The van der Waals surface area contributed by atoms with Crippen molar-refractivity contribution in [2.75, 3.05) is 17.7 Å². The van der Waals surface area contributed by atoms with Crippen LogP contribution in [0.25, 0.3) is 0 Å². The molecule has 7 heteroatoms. The van der Waals surface area contributed by atoms with E-state index in [1.165, 1.54) is 19.2 Å². The second kappa shape index (κ2) is 6.43. The van der Waals surface area contributed by atoms with Crippen molar-refractivity contribution in [3.05, 3.63) is 50.3 Å². The fourth-order valence-electron chi connectivity index (χ4n) is 1.67. The average Bonchev–Trinajstić information content (AvgIpc) is 2.48. The lowest BCUT2D eigenvalue weighted by molar-refractivity contribution is -0.137. The van der Waals surface area contributed by atoms with E-state index in [0.29, 0.717) is 0 Å². The molecule has 0 saturated heterocycles. The molecule has 0 aliphatic heterocycles. The molecule has 0 spiro atoms. The third-order valence-corrected chi connectivity index (χ3v) is 2.62. The summed E-state index contributed by atoms with van der Waals surface area (Å²) in [6, 6.07) is 4.39. The van der Waals surface area contributed by atoms with Gasteiger partial charge < -0.3 is 10.6 Å². The maximum absolute atomic E-state index is 12.5. The minimum atomic E-state index is -4.46. The zero-order valence-corrected chi connectivity index (χ0v) is 11.8. The molecule has 0 atom stereocenters. The third-order valence-electron chi connectivity index (χ3n) is 2.62. The molecule has 2 aromatic rings. The van der Waals surface area contributed by atoms with Crippen molar-refractivity contribution in [3.63, 3.8) is 0 Å². The molecular weight excluding hydrogens is 285 g/mol. The van der Waals surface area contributed by atoms with Crippen LogP contribution in [-0.4, -0.2) is 7.05 Å². The van der Waals surface area contributed by atoms with Crippen molar-refractivity contribution in [1.29, 1.82) is 0 Å². The van der Waals surface area contributed by atoms with Crippen molar-refractivity contribution in [2.24, 2.45) is 0 Å². The summed E-state index contributed by atoms with van der Waals surface area (Å²) in [5, 5.41) is 5.04. The van der Waals surface area contributed by atoms with Crippen molar-refractivity contribution in [1.82, 2.24) is 0 Å². The lowest BCUT2D eigenvalue weighted by atomic mass is 10.1. The summed E-state index contributed by atoms with van der Waals surface area (Å²) in [5.41, 5.74) is -2.12. The summed E-state index contributed by atoms with van der Waals surface area (Å²) >= 11 is 0. The van der Waals surface area contributed by atoms with E-state index in [1.54, 1.807) is 0 Å². The molecule has 0 bridgehead atoms. The Balaban J connectivity index is 0.00000106. The van der Waals surface area contributed by atoms with E-state index in [2.05, 4.69) is 10.6 Å². The van der Waals surface area contributed by atoms with Gasteiger partial charge in [-0.3, -0.25) is 9.59 Å². The number of halogens is 3. The first-order valence-electron chi connectivity index (χ1n) is 6.30. The molecule has 0 radical (unpaired) electrons. The summed E-state index contributed by atoms with van der Waals surface area (Å²) in [4.78, 5) is 22.4. The summed E-state index contributed by atoms with van der Waals surface area (Å²) in [7, 11) is 1.45. The molecule has 0 amide bonds. The Morgan fingerprint density at radius 1 is 1.00 bits per heavy atom. The van der Waals surface area contributed by atoms with Crippen LogP contribution in [0.2, 0.25) is 0 Å². The predicted molar refractivity (Wildman–Crippen MR) is 77.0 cm³/mol. The van der Waals surface area contributed by atoms with E-state index in [-0.39, 0.29) is 17.1 Å². The minimum absolute atomic E-state index is 0.0215. The first kappa shape index (κ1) is 16.7. The molecule has 0 aromatic heterocycles. The van der Waals surface area contributed by atoms with E-state index >= 15 is 0 Å². The minimum Gasteiger partial charge on any atom is -0.383 e. The second-order valence-corrected chi connectivity index (χ2v) is 3.86. The summed E-state index contributed by atoms with van der Waals surface area (Å²) in [5.74, 6) is 0. The van der Waals surface area contributed by atoms with Crippen LogP contribution < -0.4 is 21.5 Å². The van der Waals surface area contributed by atoms with Crippen molar-refractivity contribution >= 4 is 17.1 Å². The quantitative estimate of drug-likeness (QED) is 0.855. The monoisotopic (exact) mass is 300 g/mol. The van der Waals surface area contributed by atoms with Gasteiger partial charge in [0.2, 0.25) is 0 Å². The molecule has 0 aliphatic rings. The number of nitrogens with one attached hydrogen (secondary N) is 2. The standard InChI is InChI=1S/C12H9F3N2O2.C2H6/c1-16-8-9(11(19)10(8)18)17-7-4-2-3-6(5-7)12(13,14)15;1-2/h2-5,16-17H,1H3;1-2H3. The van der Waals surface area contributed by atoms with E-state index in [9.17, 15) is 22.8 Å². The third kappa shape index (κ3) is 3.42. The van der Waals surface area contributed by atoms with Gasteiger partial charge >= 0.3 is 6.18 Å². The van der Waals surface area contributed by atoms with Crippen LogP contribution >= 0.6 is 0 Å². The Morgan fingerprint density at radius 3 is 2.10 bits per heavy atom. The Hall–Kier alpha value is -2.31. The zero-order chi connectivity index (χ0) is 16.2. The van der Waals surface area contributed by atoms with Crippen LogP contribution in [0, 0.1) is 0 Å². The zero-order valence-electron chi connectivity index (χ0n) is 11.8. The summed E-state index contributed by atoms with van der Waals surface area (Å²) in [6.07, 6.45) is -4.46. The normalized spacial score (nSPS) is 10.8. The maximum atomic E-state index is 12.5. The Kier molecular flexibility index (Phi) is 5.12. The van der Waals surface area contributed by atoms with Gasteiger partial charge in [0, 0.05) is 12.7 Å². The molecule has 0 heterocycles. The maximum Gasteiger partial charge on any atom is 0.416 e. The smallest absolute Gasteiger partial charge is 0.383 e. The van der Waals surface area contributed by atoms with E-state index in [0.717, 1.165) is 12.1 Å². The van der Waals surface area contributed by atoms with Gasteiger partial charge in [0.15, 0.2) is 0 Å². The topological polar surface area (TPSA) is 58.2 Å².